The van der Waals surface area contributed by atoms with E-state index in [9.17, 15) is 0 Å². The number of rotatable bonds is 4. The molecule has 13 heavy (non-hydrogen) atoms. The van der Waals surface area contributed by atoms with Gasteiger partial charge >= 0.3 is 0 Å². The van der Waals surface area contributed by atoms with E-state index in [1.54, 1.807) is 11.3 Å². The normalized spacial score (nSPS) is 11.7. The zero-order valence-corrected chi connectivity index (χ0v) is 9.40. The number of nitrogens with zero attached hydrogens (tertiary/aromatic N) is 1. The summed E-state index contributed by atoms with van der Waals surface area (Å²) in [5.74, 6) is 0.798. The second kappa shape index (κ2) is 5.18. The zero-order valence-electron chi connectivity index (χ0n) is 8.58. The van der Waals surface area contributed by atoms with Gasteiger partial charge in [-0.25, -0.2) is 4.98 Å². The molecule has 0 saturated heterocycles. The van der Waals surface area contributed by atoms with Gasteiger partial charge in [-0.15, -0.1) is 11.3 Å². The highest BCUT2D eigenvalue weighted by molar-refractivity contribution is 7.10. The first kappa shape index (κ1) is 10.5. The molecular weight excluding hydrogens is 178 g/mol. The van der Waals surface area contributed by atoms with E-state index in [0.717, 1.165) is 11.6 Å². The molecule has 0 saturated carbocycles. The zero-order chi connectivity index (χ0) is 9.68. The number of aryl methyl sites for hydroxylation is 1. The molecule has 1 aromatic heterocycles. The van der Waals surface area contributed by atoms with E-state index < -0.39 is 0 Å². The fourth-order valence-electron chi connectivity index (χ4n) is 1.09. The van der Waals surface area contributed by atoms with Crippen LogP contribution < -0.4 is 0 Å². The summed E-state index contributed by atoms with van der Waals surface area (Å²) >= 11 is 1.71. The molecule has 0 fully saturated rings. The Morgan fingerprint density at radius 2 is 2.31 bits per heavy atom. The number of thiazole rings is 1. The van der Waals surface area contributed by atoms with E-state index in [4.69, 9.17) is 0 Å². The molecule has 72 valence electrons. The Balaban J connectivity index is 2.37. The Morgan fingerprint density at radius 3 is 2.85 bits per heavy atom. The minimum Gasteiger partial charge on any atom is -0.249 e. The molecule has 0 aliphatic carbocycles. The van der Waals surface area contributed by atoms with Gasteiger partial charge in [0.25, 0.3) is 0 Å². The molecule has 0 radical (unpaired) electrons. The standard InChI is InChI=1S/C11H17NS/c1-9(2)6-4-5-7-11-10(3)12-8-13-11/h5,7-9H,4,6H2,1-3H3/b7-5-. The first-order valence-corrected chi connectivity index (χ1v) is 5.64. The van der Waals surface area contributed by atoms with E-state index >= 15 is 0 Å². The molecule has 1 nitrogen and oxygen atoms in total. The number of aromatic nitrogens is 1. The molecule has 0 spiro atoms. The Labute approximate surface area is 84.5 Å². The van der Waals surface area contributed by atoms with Crippen LogP contribution in [0.25, 0.3) is 6.08 Å². The van der Waals surface area contributed by atoms with Crippen molar-refractivity contribution in [3.05, 3.63) is 22.2 Å². The summed E-state index contributed by atoms with van der Waals surface area (Å²) in [5, 5.41) is 0. The van der Waals surface area contributed by atoms with Crippen LogP contribution in [0.4, 0.5) is 0 Å². The van der Waals surface area contributed by atoms with Crippen LogP contribution in [-0.2, 0) is 0 Å². The van der Waals surface area contributed by atoms with Crippen LogP contribution in [0.1, 0.15) is 37.3 Å². The van der Waals surface area contributed by atoms with Crippen molar-refractivity contribution in [3.63, 3.8) is 0 Å². The van der Waals surface area contributed by atoms with Gasteiger partial charge in [0.1, 0.15) is 0 Å². The number of hydrogen-bond donors (Lipinski definition) is 0. The molecule has 0 amide bonds. The van der Waals surface area contributed by atoms with Crippen LogP contribution in [0, 0.1) is 12.8 Å². The Hall–Kier alpha value is -0.630. The van der Waals surface area contributed by atoms with Crippen molar-refractivity contribution in [1.82, 2.24) is 4.98 Å². The molecule has 0 bridgehead atoms. The van der Waals surface area contributed by atoms with Gasteiger partial charge in [-0.05, 0) is 31.8 Å². The third-order valence-corrected chi connectivity index (χ3v) is 2.86. The fraction of sp³-hybridized carbons (Fsp3) is 0.545. The lowest BCUT2D eigenvalue weighted by atomic mass is 10.1. The van der Waals surface area contributed by atoms with Gasteiger partial charge in [-0.1, -0.05) is 19.9 Å². The van der Waals surface area contributed by atoms with Gasteiger partial charge in [0.05, 0.1) is 11.2 Å². The van der Waals surface area contributed by atoms with Crippen LogP contribution >= 0.6 is 11.3 Å². The third kappa shape index (κ3) is 3.73. The molecule has 0 aliphatic rings. The lowest BCUT2D eigenvalue weighted by molar-refractivity contribution is 0.595. The Kier molecular flexibility index (Phi) is 4.16. The minimum absolute atomic E-state index is 0.798. The van der Waals surface area contributed by atoms with Gasteiger partial charge in [-0.3, -0.25) is 0 Å². The smallest absolute Gasteiger partial charge is 0.0801 e. The summed E-state index contributed by atoms with van der Waals surface area (Å²) < 4.78 is 0. The van der Waals surface area contributed by atoms with Crippen molar-refractivity contribution in [2.24, 2.45) is 5.92 Å². The Morgan fingerprint density at radius 1 is 1.54 bits per heavy atom. The molecule has 0 aromatic carbocycles. The summed E-state index contributed by atoms with van der Waals surface area (Å²) in [4.78, 5) is 5.49. The highest BCUT2D eigenvalue weighted by Crippen LogP contribution is 2.15. The van der Waals surface area contributed by atoms with E-state index in [1.807, 2.05) is 5.51 Å². The summed E-state index contributed by atoms with van der Waals surface area (Å²) in [5.41, 5.74) is 3.04. The lowest BCUT2D eigenvalue weighted by Gasteiger charge is -1.98. The molecule has 1 rings (SSSR count). The number of allylic oxidation sites excluding steroid dienone is 1. The van der Waals surface area contributed by atoms with E-state index in [-0.39, 0.29) is 0 Å². The molecular formula is C11H17NS. The predicted molar refractivity (Wildman–Crippen MR) is 60.0 cm³/mol. The maximum atomic E-state index is 4.20. The van der Waals surface area contributed by atoms with Crippen LogP contribution in [0.2, 0.25) is 0 Å². The van der Waals surface area contributed by atoms with Crippen molar-refractivity contribution < 1.29 is 0 Å². The molecule has 0 N–H and O–H groups in total. The topological polar surface area (TPSA) is 12.9 Å². The third-order valence-electron chi connectivity index (χ3n) is 1.96. The molecule has 0 atom stereocenters. The van der Waals surface area contributed by atoms with E-state index in [2.05, 4.69) is 37.9 Å². The summed E-state index contributed by atoms with van der Waals surface area (Å²) in [6.07, 6.45) is 6.89. The predicted octanol–water partition coefficient (Wildman–Crippen LogP) is 3.90. The van der Waals surface area contributed by atoms with Gasteiger partial charge in [0, 0.05) is 4.88 Å². The van der Waals surface area contributed by atoms with Crippen LogP contribution in [0.15, 0.2) is 11.6 Å². The highest BCUT2D eigenvalue weighted by atomic mass is 32.1. The Bertz CT molecular complexity index is 273. The first-order chi connectivity index (χ1) is 6.20. The first-order valence-electron chi connectivity index (χ1n) is 4.76. The summed E-state index contributed by atoms with van der Waals surface area (Å²) in [6.45, 7) is 6.57. The van der Waals surface area contributed by atoms with Crippen molar-refractivity contribution in [3.8, 4) is 0 Å². The summed E-state index contributed by atoms with van der Waals surface area (Å²) in [6, 6.07) is 0. The lowest BCUT2D eigenvalue weighted by Crippen LogP contribution is -1.83. The monoisotopic (exact) mass is 195 g/mol. The number of hydrogen-bond acceptors (Lipinski definition) is 2. The van der Waals surface area contributed by atoms with Gasteiger partial charge < -0.3 is 0 Å². The van der Waals surface area contributed by atoms with Gasteiger partial charge in [0.15, 0.2) is 0 Å². The van der Waals surface area contributed by atoms with E-state index in [0.29, 0.717) is 0 Å². The van der Waals surface area contributed by atoms with Crippen LogP contribution in [-0.4, -0.2) is 4.98 Å². The largest absolute Gasteiger partial charge is 0.249 e. The fourth-order valence-corrected chi connectivity index (χ4v) is 1.81. The van der Waals surface area contributed by atoms with Gasteiger partial charge in [0.2, 0.25) is 0 Å². The second-order valence-corrected chi connectivity index (χ2v) is 4.56. The van der Waals surface area contributed by atoms with E-state index in [1.165, 1.54) is 17.7 Å². The second-order valence-electron chi connectivity index (χ2n) is 3.68. The highest BCUT2D eigenvalue weighted by Gasteiger charge is 1.95. The van der Waals surface area contributed by atoms with Gasteiger partial charge in [-0.2, -0.15) is 0 Å². The van der Waals surface area contributed by atoms with Crippen molar-refractivity contribution in [2.75, 3.05) is 0 Å². The van der Waals surface area contributed by atoms with Crippen molar-refractivity contribution in [1.29, 1.82) is 0 Å². The molecule has 0 aliphatic heterocycles. The quantitative estimate of drug-likeness (QED) is 0.710. The maximum absolute atomic E-state index is 4.20. The van der Waals surface area contributed by atoms with Crippen molar-refractivity contribution >= 4 is 17.4 Å². The average Bonchev–Trinajstić information content (AvgIpc) is 2.45. The maximum Gasteiger partial charge on any atom is 0.0801 e. The molecule has 2 heteroatoms. The minimum atomic E-state index is 0.798. The SMILES string of the molecule is Cc1ncsc1/C=C\CCC(C)C. The summed E-state index contributed by atoms with van der Waals surface area (Å²) in [7, 11) is 0. The van der Waals surface area contributed by atoms with Crippen LogP contribution in [0.3, 0.4) is 0 Å². The molecule has 0 unspecified atom stereocenters. The molecule has 1 aromatic rings. The average molecular weight is 195 g/mol. The molecule has 1 heterocycles. The van der Waals surface area contributed by atoms with Crippen molar-refractivity contribution in [2.45, 2.75) is 33.6 Å². The van der Waals surface area contributed by atoms with Crippen LogP contribution in [0.5, 0.6) is 0 Å².